The van der Waals surface area contributed by atoms with Crippen LogP contribution in [0.3, 0.4) is 0 Å². The first kappa shape index (κ1) is 26.4. The van der Waals surface area contributed by atoms with Crippen molar-refractivity contribution in [3.05, 3.63) is 70.2 Å². The fourth-order valence-corrected chi connectivity index (χ4v) is 3.91. The van der Waals surface area contributed by atoms with Crippen LogP contribution in [0.1, 0.15) is 63.1 Å². The number of amides is 1. The first-order chi connectivity index (χ1) is 15.4. The van der Waals surface area contributed by atoms with Crippen molar-refractivity contribution >= 4 is 29.4 Å². The summed E-state index contributed by atoms with van der Waals surface area (Å²) in [4.78, 5) is 34.9. The highest BCUT2D eigenvalue weighted by molar-refractivity contribution is 6.30. The molecule has 0 heterocycles. The Morgan fingerprint density at radius 1 is 0.939 bits per heavy atom. The van der Waals surface area contributed by atoms with Crippen LogP contribution in [0.25, 0.3) is 0 Å². The lowest BCUT2D eigenvalue weighted by Crippen LogP contribution is -2.39. The second kappa shape index (κ2) is 11.3. The molecule has 0 saturated carbocycles. The van der Waals surface area contributed by atoms with Crippen LogP contribution in [0.5, 0.6) is 0 Å². The van der Waals surface area contributed by atoms with Crippen LogP contribution in [-0.4, -0.2) is 34.1 Å². The maximum atomic E-state index is 12.6. The molecule has 0 saturated heterocycles. The van der Waals surface area contributed by atoms with Gasteiger partial charge in [-0.1, -0.05) is 68.8 Å². The van der Waals surface area contributed by atoms with Crippen molar-refractivity contribution in [1.29, 1.82) is 0 Å². The summed E-state index contributed by atoms with van der Waals surface area (Å²) >= 11 is 6.02. The van der Waals surface area contributed by atoms with E-state index in [-0.39, 0.29) is 23.8 Å². The van der Waals surface area contributed by atoms with Gasteiger partial charge in [0.2, 0.25) is 5.91 Å². The predicted molar refractivity (Wildman–Crippen MR) is 129 cm³/mol. The number of hydrogen-bond donors (Lipinski definition) is 3. The minimum absolute atomic E-state index is 0.0139. The van der Waals surface area contributed by atoms with Crippen LogP contribution in [0.2, 0.25) is 5.02 Å². The van der Waals surface area contributed by atoms with Crippen molar-refractivity contribution in [3.63, 3.8) is 0 Å². The molecule has 2 aromatic carbocycles. The minimum Gasteiger partial charge on any atom is -0.481 e. The zero-order chi connectivity index (χ0) is 24.8. The lowest BCUT2D eigenvalue weighted by molar-refractivity contribution is -0.149. The SMILES string of the molecule is CC(NC(=O)CC(CC(=O)O)C(=O)O)C(Cc1ccc(Cl)cc1)c1ccc(C(C)(C)C)cc1. The lowest BCUT2D eigenvalue weighted by Gasteiger charge is -2.27. The average Bonchev–Trinajstić information content (AvgIpc) is 2.71. The van der Waals surface area contributed by atoms with Gasteiger partial charge in [0.25, 0.3) is 0 Å². The Bertz CT molecular complexity index is 964. The number of aliphatic carboxylic acids is 2. The second-order valence-electron chi connectivity index (χ2n) is 9.50. The van der Waals surface area contributed by atoms with Crippen LogP contribution in [0.15, 0.2) is 48.5 Å². The van der Waals surface area contributed by atoms with Crippen LogP contribution in [0.4, 0.5) is 0 Å². The number of carbonyl (C=O) groups excluding carboxylic acids is 1. The molecule has 6 nitrogen and oxygen atoms in total. The summed E-state index contributed by atoms with van der Waals surface area (Å²) < 4.78 is 0. The third-order valence-electron chi connectivity index (χ3n) is 5.77. The van der Waals surface area contributed by atoms with Crippen LogP contribution < -0.4 is 5.32 Å². The molecule has 0 aliphatic heterocycles. The van der Waals surface area contributed by atoms with Gasteiger partial charge in [0.1, 0.15) is 0 Å². The maximum Gasteiger partial charge on any atom is 0.307 e. The molecule has 178 valence electrons. The van der Waals surface area contributed by atoms with Gasteiger partial charge in [-0.15, -0.1) is 0 Å². The van der Waals surface area contributed by atoms with E-state index in [0.717, 1.165) is 11.1 Å². The summed E-state index contributed by atoms with van der Waals surface area (Å²) in [5.74, 6) is -4.37. The van der Waals surface area contributed by atoms with Crippen molar-refractivity contribution < 1.29 is 24.6 Å². The van der Waals surface area contributed by atoms with Gasteiger partial charge in [-0.2, -0.15) is 0 Å². The third kappa shape index (κ3) is 8.21. The van der Waals surface area contributed by atoms with Gasteiger partial charge in [-0.25, -0.2) is 0 Å². The number of carbonyl (C=O) groups is 3. The molecular weight excluding hydrogens is 442 g/mol. The van der Waals surface area contributed by atoms with Gasteiger partial charge < -0.3 is 15.5 Å². The van der Waals surface area contributed by atoms with E-state index < -0.39 is 30.2 Å². The molecule has 7 heteroatoms. The first-order valence-corrected chi connectivity index (χ1v) is 11.3. The number of halogens is 1. The molecule has 2 rings (SSSR count). The number of hydrogen-bond acceptors (Lipinski definition) is 3. The molecule has 0 radical (unpaired) electrons. The first-order valence-electron chi connectivity index (χ1n) is 11.0. The Labute approximate surface area is 200 Å². The summed E-state index contributed by atoms with van der Waals surface area (Å²) in [5, 5.41) is 21.7. The number of carboxylic acid groups (broad SMARTS) is 2. The Kier molecular flexibility index (Phi) is 9.06. The van der Waals surface area contributed by atoms with Gasteiger partial charge in [0.05, 0.1) is 12.3 Å². The number of rotatable bonds is 10. The molecule has 3 atom stereocenters. The summed E-state index contributed by atoms with van der Waals surface area (Å²) in [6, 6.07) is 15.5. The van der Waals surface area contributed by atoms with Crippen LogP contribution in [-0.2, 0) is 26.2 Å². The fraction of sp³-hybridized carbons (Fsp3) is 0.423. The largest absolute Gasteiger partial charge is 0.481 e. The quantitative estimate of drug-likeness (QED) is 0.448. The Morgan fingerprint density at radius 2 is 1.52 bits per heavy atom. The van der Waals surface area contributed by atoms with E-state index in [4.69, 9.17) is 16.7 Å². The molecule has 0 aliphatic carbocycles. The molecule has 0 aliphatic rings. The van der Waals surface area contributed by atoms with E-state index in [1.165, 1.54) is 5.56 Å². The summed E-state index contributed by atoms with van der Waals surface area (Å²) in [7, 11) is 0. The number of nitrogens with one attached hydrogen (secondary N) is 1. The van der Waals surface area contributed by atoms with E-state index in [2.05, 4.69) is 50.4 Å². The molecule has 3 unspecified atom stereocenters. The zero-order valence-corrected chi connectivity index (χ0v) is 20.2. The molecule has 2 aromatic rings. The van der Waals surface area contributed by atoms with Crippen LogP contribution >= 0.6 is 11.6 Å². The molecular formula is C26H32ClNO5. The molecule has 0 aromatic heterocycles. The Morgan fingerprint density at radius 3 is 2.00 bits per heavy atom. The smallest absolute Gasteiger partial charge is 0.307 e. The Hall–Kier alpha value is -2.86. The number of carboxylic acids is 2. The summed E-state index contributed by atoms with van der Waals surface area (Å²) in [6.07, 6.45) is -0.340. The van der Waals surface area contributed by atoms with Gasteiger partial charge in [-0.3, -0.25) is 14.4 Å². The monoisotopic (exact) mass is 473 g/mol. The predicted octanol–water partition coefficient (Wildman–Crippen LogP) is 5.03. The van der Waals surface area contributed by atoms with E-state index >= 15 is 0 Å². The van der Waals surface area contributed by atoms with E-state index in [9.17, 15) is 19.5 Å². The molecule has 0 bridgehead atoms. The molecule has 0 fully saturated rings. The van der Waals surface area contributed by atoms with Gasteiger partial charge in [-0.05, 0) is 47.6 Å². The molecule has 33 heavy (non-hydrogen) atoms. The standard InChI is InChI=1S/C26H32ClNO5/c1-16(28-23(29)14-19(25(32)33)15-24(30)31)22(13-17-5-11-21(27)12-6-17)18-7-9-20(10-8-18)26(2,3)4/h5-12,16,19,22H,13-15H2,1-4H3,(H,28,29)(H,30,31)(H,32,33). The third-order valence-corrected chi connectivity index (χ3v) is 6.02. The topological polar surface area (TPSA) is 104 Å². The van der Waals surface area contributed by atoms with E-state index in [1.807, 2.05) is 31.2 Å². The normalized spacial score (nSPS) is 14.2. The summed E-state index contributed by atoms with van der Waals surface area (Å²) in [6.45, 7) is 8.31. The molecule has 0 spiro atoms. The van der Waals surface area contributed by atoms with Crippen molar-refractivity contribution in [2.75, 3.05) is 0 Å². The highest BCUT2D eigenvalue weighted by Crippen LogP contribution is 2.29. The van der Waals surface area contributed by atoms with E-state index in [0.29, 0.717) is 11.4 Å². The van der Waals surface area contributed by atoms with Crippen molar-refractivity contribution in [1.82, 2.24) is 5.32 Å². The van der Waals surface area contributed by atoms with E-state index in [1.54, 1.807) is 0 Å². The zero-order valence-electron chi connectivity index (χ0n) is 19.5. The number of benzene rings is 2. The van der Waals surface area contributed by atoms with Crippen molar-refractivity contribution in [3.8, 4) is 0 Å². The Balaban J connectivity index is 2.24. The molecule has 1 amide bonds. The second-order valence-corrected chi connectivity index (χ2v) is 9.94. The highest BCUT2D eigenvalue weighted by atomic mass is 35.5. The van der Waals surface area contributed by atoms with Gasteiger partial charge in [0, 0.05) is 23.4 Å². The summed E-state index contributed by atoms with van der Waals surface area (Å²) in [5.41, 5.74) is 3.32. The van der Waals surface area contributed by atoms with Crippen molar-refractivity contribution in [2.24, 2.45) is 5.92 Å². The fourth-order valence-electron chi connectivity index (χ4n) is 3.78. The van der Waals surface area contributed by atoms with Crippen LogP contribution in [0, 0.1) is 5.92 Å². The lowest BCUT2D eigenvalue weighted by atomic mass is 9.82. The highest BCUT2D eigenvalue weighted by Gasteiger charge is 2.27. The molecule has 3 N–H and O–H groups in total. The maximum absolute atomic E-state index is 12.6. The van der Waals surface area contributed by atoms with Gasteiger partial charge >= 0.3 is 11.9 Å². The van der Waals surface area contributed by atoms with Gasteiger partial charge in [0.15, 0.2) is 0 Å². The van der Waals surface area contributed by atoms with Crippen molar-refractivity contribution in [2.45, 2.75) is 64.3 Å². The minimum atomic E-state index is -1.30. The average molecular weight is 474 g/mol.